The second-order valence-corrected chi connectivity index (χ2v) is 6.75. The molecule has 0 saturated heterocycles. The van der Waals surface area contributed by atoms with Crippen molar-refractivity contribution in [1.82, 2.24) is 10.2 Å². The van der Waals surface area contributed by atoms with E-state index in [1.165, 1.54) is 19.3 Å². The first kappa shape index (κ1) is 14.8. The molecule has 0 heterocycles. The minimum Gasteiger partial charge on any atom is -0.354 e. The van der Waals surface area contributed by atoms with E-state index in [0.717, 1.165) is 19.4 Å². The molecule has 3 N–H and O–H groups in total. The Morgan fingerprint density at radius 3 is 2.42 bits per heavy atom. The average Bonchev–Trinajstić information content (AvgIpc) is 2.34. The number of amides is 1. The third-order valence-corrected chi connectivity index (χ3v) is 5.24. The molecule has 0 aromatic rings. The molecule has 19 heavy (non-hydrogen) atoms. The van der Waals surface area contributed by atoms with E-state index in [4.69, 9.17) is 5.73 Å². The van der Waals surface area contributed by atoms with Crippen molar-refractivity contribution < 1.29 is 4.79 Å². The van der Waals surface area contributed by atoms with Gasteiger partial charge in [0.15, 0.2) is 0 Å². The molecule has 2 saturated carbocycles. The second-order valence-electron chi connectivity index (χ2n) is 6.75. The van der Waals surface area contributed by atoms with Gasteiger partial charge >= 0.3 is 0 Å². The molecular weight excluding hydrogens is 238 g/mol. The largest absolute Gasteiger partial charge is 0.354 e. The van der Waals surface area contributed by atoms with E-state index in [0.29, 0.717) is 23.9 Å². The zero-order valence-corrected chi connectivity index (χ0v) is 12.6. The first-order valence-electron chi connectivity index (χ1n) is 7.68. The zero-order valence-electron chi connectivity index (χ0n) is 12.6. The van der Waals surface area contributed by atoms with Gasteiger partial charge in [0.2, 0.25) is 5.91 Å². The van der Waals surface area contributed by atoms with Crippen molar-refractivity contribution in [2.24, 2.45) is 23.5 Å². The molecule has 0 aromatic heterocycles. The highest BCUT2D eigenvalue weighted by molar-refractivity contribution is 5.78. The van der Waals surface area contributed by atoms with Gasteiger partial charge in [-0.05, 0) is 58.5 Å². The average molecular weight is 267 g/mol. The molecule has 1 amide bonds. The number of nitrogens with two attached hydrogens (primary N) is 1. The number of hydrogen-bond acceptors (Lipinski definition) is 3. The second kappa shape index (κ2) is 6.23. The normalized spacial score (nSPS) is 36.1. The van der Waals surface area contributed by atoms with Crippen molar-refractivity contribution in [3.05, 3.63) is 0 Å². The predicted molar refractivity (Wildman–Crippen MR) is 77.7 cm³/mol. The molecule has 0 aromatic carbocycles. The summed E-state index contributed by atoms with van der Waals surface area (Å²) < 4.78 is 0. The molecule has 110 valence electrons. The standard InChI is InChI=1S/C15H29N3O/c1-10(18(2)3)9-17-15(19)13-7-11-5-4-6-12(8-13)14(11)16/h10-14H,4-9,16H2,1-3H3,(H,17,19). The topological polar surface area (TPSA) is 58.4 Å². The lowest BCUT2D eigenvalue weighted by atomic mass is 9.65. The van der Waals surface area contributed by atoms with Crippen LogP contribution in [0.25, 0.3) is 0 Å². The summed E-state index contributed by atoms with van der Waals surface area (Å²) in [7, 11) is 4.09. The van der Waals surface area contributed by atoms with Gasteiger partial charge in [-0.15, -0.1) is 0 Å². The number of carbonyl (C=O) groups is 1. The summed E-state index contributed by atoms with van der Waals surface area (Å²) in [5, 5.41) is 3.12. The maximum absolute atomic E-state index is 12.3. The molecule has 4 nitrogen and oxygen atoms in total. The van der Waals surface area contributed by atoms with Crippen LogP contribution in [0, 0.1) is 17.8 Å². The predicted octanol–water partition coefficient (Wildman–Crippen LogP) is 1.21. The van der Waals surface area contributed by atoms with Crippen molar-refractivity contribution in [2.45, 2.75) is 51.1 Å². The first-order chi connectivity index (χ1) is 8.99. The number of fused-ring (bicyclic) bond motifs is 2. The Balaban J connectivity index is 1.83. The Labute approximate surface area is 117 Å². The van der Waals surface area contributed by atoms with Gasteiger partial charge in [0, 0.05) is 24.5 Å². The number of carbonyl (C=O) groups excluding carboxylic acids is 1. The molecule has 3 atom stereocenters. The maximum atomic E-state index is 12.3. The van der Waals surface area contributed by atoms with Crippen LogP contribution in [-0.2, 0) is 4.79 Å². The lowest BCUT2D eigenvalue weighted by molar-refractivity contribution is -0.128. The van der Waals surface area contributed by atoms with Crippen LogP contribution >= 0.6 is 0 Å². The van der Waals surface area contributed by atoms with Crippen LogP contribution in [0.4, 0.5) is 0 Å². The minimum atomic E-state index is 0.199. The summed E-state index contributed by atoms with van der Waals surface area (Å²) in [6.07, 6.45) is 5.74. The zero-order chi connectivity index (χ0) is 14.0. The van der Waals surface area contributed by atoms with Crippen molar-refractivity contribution in [2.75, 3.05) is 20.6 Å². The summed E-state index contributed by atoms with van der Waals surface area (Å²) in [6, 6.07) is 0.729. The van der Waals surface area contributed by atoms with E-state index in [1.807, 2.05) is 14.1 Å². The van der Waals surface area contributed by atoms with Gasteiger partial charge in [0.25, 0.3) is 0 Å². The quantitative estimate of drug-likeness (QED) is 0.805. The van der Waals surface area contributed by atoms with Crippen molar-refractivity contribution in [3.8, 4) is 0 Å². The van der Waals surface area contributed by atoms with Crippen molar-refractivity contribution in [3.63, 3.8) is 0 Å². The van der Waals surface area contributed by atoms with Crippen molar-refractivity contribution >= 4 is 5.91 Å². The molecule has 3 unspecified atom stereocenters. The number of rotatable bonds is 4. The summed E-state index contributed by atoms with van der Waals surface area (Å²) in [4.78, 5) is 14.4. The highest BCUT2D eigenvalue weighted by Gasteiger charge is 2.40. The van der Waals surface area contributed by atoms with E-state index in [-0.39, 0.29) is 11.8 Å². The lowest BCUT2D eigenvalue weighted by Crippen LogP contribution is -2.50. The number of hydrogen-bond donors (Lipinski definition) is 2. The van der Waals surface area contributed by atoms with Crippen LogP contribution in [0.15, 0.2) is 0 Å². The molecule has 2 rings (SSSR count). The molecule has 2 bridgehead atoms. The molecule has 0 aliphatic heterocycles. The number of likely N-dealkylation sites (N-methyl/N-ethyl adjacent to an activating group) is 1. The highest BCUT2D eigenvalue weighted by atomic mass is 16.1. The third-order valence-electron chi connectivity index (χ3n) is 5.24. The fraction of sp³-hybridized carbons (Fsp3) is 0.933. The van der Waals surface area contributed by atoms with Crippen LogP contribution < -0.4 is 11.1 Å². The van der Waals surface area contributed by atoms with E-state index in [1.54, 1.807) is 0 Å². The maximum Gasteiger partial charge on any atom is 0.223 e. The molecule has 2 aliphatic rings. The highest BCUT2D eigenvalue weighted by Crippen LogP contribution is 2.41. The van der Waals surface area contributed by atoms with Crippen LogP contribution in [0.2, 0.25) is 0 Å². The monoisotopic (exact) mass is 267 g/mol. The summed E-state index contributed by atoms with van der Waals surface area (Å²) in [5.41, 5.74) is 6.27. The van der Waals surface area contributed by atoms with Gasteiger partial charge in [-0.1, -0.05) is 6.42 Å². The summed E-state index contributed by atoms with van der Waals surface area (Å²) >= 11 is 0. The van der Waals surface area contributed by atoms with Gasteiger partial charge in [0.1, 0.15) is 0 Å². The van der Waals surface area contributed by atoms with E-state index in [2.05, 4.69) is 17.1 Å². The fourth-order valence-corrected chi connectivity index (χ4v) is 3.58. The molecule has 4 heteroatoms. The molecule has 2 fully saturated rings. The third kappa shape index (κ3) is 3.48. The van der Waals surface area contributed by atoms with Crippen LogP contribution in [-0.4, -0.2) is 43.5 Å². The number of nitrogens with one attached hydrogen (secondary N) is 1. The number of nitrogens with zero attached hydrogens (tertiary/aromatic N) is 1. The van der Waals surface area contributed by atoms with Gasteiger partial charge in [-0.2, -0.15) is 0 Å². The lowest BCUT2D eigenvalue weighted by Gasteiger charge is -2.43. The van der Waals surface area contributed by atoms with Crippen LogP contribution in [0.1, 0.15) is 39.0 Å². The Kier molecular flexibility index (Phi) is 4.85. The van der Waals surface area contributed by atoms with Crippen molar-refractivity contribution in [1.29, 1.82) is 0 Å². The minimum absolute atomic E-state index is 0.199. The SMILES string of the molecule is CC(CNC(=O)C1CC2CCCC(C1)C2N)N(C)C. The van der Waals surface area contributed by atoms with Crippen LogP contribution in [0.3, 0.4) is 0 Å². The van der Waals surface area contributed by atoms with E-state index in [9.17, 15) is 4.79 Å². The van der Waals surface area contributed by atoms with Gasteiger partial charge in [-0.25, -0.2) is 0 Å². The molecular formula is C15H29N3O. The summed E-state index contributed by atoms with van der Waals surface area (Å²) in [6.45, 7) is 2.87. The van der Waals surface area contributed by atoms with Crippen LogP contribution in [0.5, 0.6) is 0 Å². The fourth-order valence-electron chi connectivity index (χ4n) is 3.58. The van der Waals surface area contributed by atoms with Gasteiger partial charge < -0.3 is 16.0 Å². The van der Waals surface area contributed by atoms with E-state index >= 15 is 0 Å². The smallest absolute Gasteiger partial charge is 0.223 e. The van der Waals surface area contributed by atoms with Gasteiger partial charge in [-0.3, -0.25) is 4.79 Å². The Hall–Kier alpha value is -0.610. The molecule has 0 spiro atoms. The molecule has 0 radical (unpaired) electrons. The summed E-state index contributed by atoms with van der Waals surface area (Å²) in [5.74, 6) is 1.60. The van der Waals surface area contributed by atoms with E-state index < -0.39 is 0 Å². The van der Waals surface area contributed by atoms with Gasteiger partial charge in [0.05, 0.1) is 0 Å². The Morgan fingerprint density at radius 1 is 1.32 bits per heavy atom. The Bertz CT molecular complexity index is 305. The Morgan fingerprint density at radius 2 is 1.89 bits per heavy atom. The molecule has 2 aliphatic carbocycles. The first-order valence-corrected chi connectivity index (χ1v) is 7.68.